The molecule has 0 aromatic carbocycles. The van der Waals surface area contributed by atoms with Crippen LogP contribution in [-0.2, 0) is 9.53 Å². The molecule has 1 aliphatic heterocycles. The number of guanidine groups is 1. The van der Waals surface area contributed by atoms with Gasteiger partial charge in [0.2, 0.25) is 5.91 Å². The number of piperazine rings is 1. The van der Waals surface area contributed by atoms with E-state index in [1.54, 1.807) is 4.90 Å². The minimum Gasteiger partial charge on any atom is -0.444 e. The number of ether oxygens (including phenoxy) is 1. The summed E-state index contributed by atoms with van der Waals surface area (Å²) in [5.41, 5.74) is -0.459. The lowest BCUT2D eigenvalue weighted by Gasteiger charge is -2.35. The molecule has 0 aromatic heterocycles. The Morgan fingerprint density at radius 1 is 1.03 bits per heavy atom. The Morgan fingerprint density at radius 2 is 1.69 bits per heavy atom. The highest BCUT2D eigenvalue weighted by Crippen LogP contribution is 2.28. The number of hydrogen-bond acceptors (Lipinski definition) is 5. The minimum absolute atomic E-state index is 0.166. The zero-order valence-electron chi connectivity index (χ0n) is 18.4. The van der Waals surface area contributed by atoms with Crippen molar-refractivity contribution in [3.05, 3.63) is 0 Å². The van der Waals surface area contributed by atoms with E-state index in [0.29, 0.717) is 32.7 Å². The van der Waals surface area contributed by atoms with Gasteiger partial charge >= 0.3 is 6.09 Å². The normalized spacial score (nSPS) is 18.3. The highest BCUT2D eigenvalue weighted by molar-refractivity contribution is 5.81. The maximum absolute atomic E-state index is 12.1. The molecule has 9 heteroatoms. The molecule has 2 aliphatic rings. The van der Waals surface area contributed by atoms with Crippen LogP contribution in [0.25, 0.3) is 0 Å². The number of carbonyl (C=O) groups is 2. The van der Waals surface area contributed by atoms with E-state index in [2.05, 4.69) is 25.8 Å². The molecular formula is C20H38N6O3. The van der Waals surface area contributed by atoms with Gasteiger partial charge in [-0.1, -0.05) is 0 Å². The van der Waals surface area contributed by atoms with E-state index in [-0.39, 0.29) is 17.9 Å². The third-order valence-electron chi connectivity index (χ3n) is 4.72. The second kappa shape index (κ2) is 11.2. The molecule has 0 spiro atoms. The van der Waals surface area contributed by atoms with Crippen LogP contribution in [0.5, 0.6) is 0 Å². The average Bonchev–Trinajstić information content (AvgIpc) is 3.49. The predicted octanol–water partition coefficient (Wildman–Crippen LogP) is 0.620. The van der Waals surface area contributed by atoms with Crippen LogP contribution < -0.4 is 16.0 Å². The van der Waals surface area contributed by atoms with Crippen LogP contribution in [0.15, 0.2) is 4.99 Å². The first kappa shape index (κ1) is 23.3. The molecule has 0 bridgehead atoms. The van der Waals surface area contributed by atoms with Crippen molar-refractivity contribution < 1.29 is 14.3 Å². The van der Waals surface area contributed by atoms with Crippen molar-refractivity contribution in [1.29, 1.82) is 0 Å². The van der Waals surface area contributed by atoms with E-state index in [1.165, 1.54) is 0 Å². The summed E-state index contributed by atoms with van der Waals surface area (Å²) in [6.45, 7) is 14.3. The topological polar surface area (TPSA) is 98.3 Å². The molecule has 3 N–H and O–H groups in total. The third-order valence-corrected chi connectivity index (χ3v) is 4.72. The molecule has 1 saturated carbocycles. The van der Waals surface area contributed by atoms with Gasteiger partial charge in [0, 0.05) is 58.3 Å². The number of nitrogens with one attached hydrogen (secondary N) is 3. The van der Waals surface area contributed by atoms with Gasteiger partial charge in [0.15, 0.2) is 5.96 Å². The van der Waals surface area contributed by atoms with E-state index < -0.39 is 5.60 Å². The number of hydrogen-bond donors (Lipinski definition) is 3. The second-order valence-electron chi connectivity index (χ2n) is 8.56. The van der Waals surface area contributed by atoms with Crippen LogP contribution in [-0.4, -0.2) is 92.3 Å². The number of aliphatic imine (C=N–C) groups is 1. The summed E-state index contributed by atoms with van der Waals surface area (Å²) < 4.78 is 5.43. The maximum atomic E-state index is 12.1. The molecule has 9 nitrogen and oxygen atoms in total. The molecule has 2 fully saturated rings. The Labute approximate surface area is 174 Å². The first-order valence-corrected chi connectivity index (χ1v) is 10.8. The second-order valence-corrected chi connectivity index (χ2v) is 8.56. The van der Waals surface area contributed by atoms with Gasteiger partial charge in [-0.2, -0.15) is 0 Å². The zero-order chi connectivity index (χ0) is 21.3. The smallest absolute Gasteiger partial charge is 0.410 e. The Morgan fingerprint density at radius 3 is 2.28 bits per heavy atom. The standard InChI is InChI=1S/C20H38N6O3/c1-5-21-18(23-9-8-22-17(27)16-6-7-16)24-10-11-25-12-14-26(15-13-25)19(28)29-20(2,3)4/h16H,5-15H2,1-4H3,(H,22,27)(H2,21,23,24). The van der Waals surface area contributed by atoms with Crippen LogP contribution in [0, 0.1) is 5.92 Å². The van der Waals surface area contributed by atoms with Crippen molar-refractivity contribution in [1.82, 2.24) is 25.8 Å². The average molecular weight is 411 g/mol. The molecule has 2 rings (SSSR count). The van der Waals surface area contributed by atoms with Crippen LogP contribution in [0.4, 0.5) is 4.79 Å². The Kier molecular flexibility index (Phi) is 9.00. The quantitative estimate of drug-likeness (QED) is 0.308. The van der Waals surface area contributed by atoms with Gasteiger partial charge in [0.25, 0.3) is 0 Å². The summed E-state index contributed by atoms with van der Waals surface area (Å²) >= 11 is 0. The highest BCUT2D eigenvalue weighted by atomic mass is 16.6. The Hall–Kier alpha value is -2.03. The summed E-state index contributed by atoms with van der Waals surface area (Å²) in [7, 11) is 0. The van der Waals surface area contributed by atoms with Gasteiger partial charge < -0.3 is 25.6 Å². The molecule has 29 heavy (non-hydrogen) atoms. The molecule has 0 aromatic rings. The third kappa shape index (κ3) is 9.34. The van der Waals surface area contributed by atoms with Gasteiger partial charge in [-0.3, -0.25) is 14.7 Å². The van der Waals surface area contributed by atoms with Crippen LogP contribution in [0.2, 0.25) is 0 Å². The fourth-order valence-corrected chi connectivity index (χ4v) is 2.98. The van der Waals surface area contributed by atoms with Gasteiger partial charge in [-0.15, -0.1) is 0 Å². The SMILES string of the molecule is CCNC(=NCCN1CCN(C(=O)OC(C)(C)C)CC1)NCCNC(=O)C1CC1. The van der Waals surface area contributed by atoms with Crippen molar-refractivity contribution in [2.45, 2.75) is 46.1 Å². The monoisotopic (exact) mass is 410 g/mol. The largest absolute Gasteiger partial charge is 0.444 e. The molecule has 1 saturated heterocycles. The van der Waals surface area contributed by atoms with Gasteiger partial charge in [-0.25, -0.2) is 4.79 Å². The van der Waals surface area contributed by atoms with Crippen LogP contribution >= 0.6 is 0 Å². The van der Waals surface area contributed by atoms with Crippen LogP contribution in [0.1, 0.15) is 40.5 Å². The molecule has 1 aliphatic carbocycles. The molecule has 0 unspecified atom stereocenters. The lowest BCUT2D eigenvalue weighted by Crippen LogP contribution is -2.50. The fraction of sp³-hybridized carbons (Fsp3) is 0.850. The molecule has 0 atom stereocenters. The van der Waals surface area contributed by atoms with Crippen molar-refractivity contribution >= 4 is 18.0 Å². The van der Waals surface area contributed by atoms with Gasteiger partial charge in [-0.05, 0) is 40.5 Å². The maximum Gasteiger partial charge on any atom is 0.410 e. The zero-order valence-corrected chi connectivity index (χ0v) is 18.4. The van der Waals surface area contributed by atoms with E-state index in [0.717, 1.165) is 45.0 Å². The van der Waals surface area contributed by atoms with Gasteiger partial charge in [0.1, 0.15) is 5.60 Å². The summed E-state index contributed by atoms with van der Waals surface area (Å²) in [4.78, 5) is 32.4. The van der Waals surface area contributed by atoms with Crippen LogP contribution in [0.3, 0.4) is 0 Å². The van der Waals surface area contributed by atoms with E-state index in [4.69, 9.17) is 4.74 Å². The lowest BCUT2D eigenvalue weighted by atomic mass is 10.2. The van der Waals surface area contributed by atoms with Crippen molar-refractivity contribution in [3.8, 4) is 0 Å². The number of rotatable bonds is 8. The van der Waals surface area contributed by atoms with Crippen molar-refractivity contribution in [3.63, 3.8) is 0 Å². The number of nitrogens with zero attached hydrogens (tertiary/aromatic N) is 3. The first-order chi connectivity index (χ1) is 13.8. The Bertz CT molecular complexity index is 563. The molecule has 166 valence electrons. The summed E-state index contributed by atoms with van der Waals surface area (Å²) in [5, 5.41) is 9.42. The lowest BCUT2D eigenvalue weighted by molar-refractivity contribution is -0.122. The van der Waals surface area contributed by atoms with Crippen molar-refractivity contribution in [2.24, 2.45) is 10.9 Å². The Balaban J connectivity index is 1.63. The molecule has 2 amide bonds. The number of amides is 2. The van der Waals surface area contributed by atoms with E-state index in [1.807, 2.05) is 27.7 Å². The van der Waals surface area contributed by atoms with Crippen molar-refractivity contribution in [2.75, 3.05) is 58.9 Å². The first-order valence-electron chi connectivity index (χ1n) is 10.8. The predicted molar refractivity (Wildman–Crippen MR) is 114 cm³/mol. The number of carbonyl (C=O) groups excluding carboxylic acids is 2. The summed E-state index contributed by atoms with van der Waals surface area (Å²) in [6, 6.07) is 0. The van der Waals surface area contributed by atoms with E-state index in [9.17, 15) is 9.59 Å². The summed E-state index contributed by atoms with van der Waals surface area (Å²) in [6.07, 6.45) is 1.81. The molecule has 1 heterocycles. The summed E-state index contributed by atoms with van der Waals surface area (Å²) in [5.74, 6) is 1.17. The highest BCUT2D eigenvalue weighted by Gasteiger charge is 2.29. The molecular weight excluding hydrogens is 372 g/mol. The minimum atomic E-state index is -0.459. The molecule has 0 radical (unpaired) electrons. The fourth-order valence-electron chi connectivity index (χ4n) is 2.98. The van der Waals surface area contributed by atoms with Gasteiger partial charge in [0.05, 0.1) is 6.54 Å². The van der Waals surface area contributed by atoms with E-state index >= 15 is 0 Å².